The summed E-state index contributed by atoms with van der Waals surface area (Å²) in [5.74, 6) is 1.14. The molecule has 33 heavy (non-hydrogen) atoms. The molecule has 0 aliphatic heterocycles. The van der Waals surface area contributed by atoms with E-state index in [0.29, 0.717) is 46.8 Å². The molecule has 0 radical (unpaired) electrons. The molecule has 0 atom stereocenters. The quantitative estimate of drug-likeness (QED) is 0.202. The van der Waals surface area contributed by atoms with E-state index in [4.69, 9.17) is 19.8 Å². The van der Waals surface area contributed by atoms with Gasteiger partial charge in [-0.15, -0.1) is 0 Å². The number of thioether (sulfide) groups is 1. The Balaban J connectivity index is 1.74. The smallest absolute Gasteiger partial charge is 0.0837 e. The van der Waals surface area contributed by atoms with Crippen molar-refractivity contribution >= 4 is 48.1 Å². The van der Waals surface area contributed by atoms with Crippen LogP contribution in [0.4, 0.5) is 4.79 Å². The van der Waals surface area contributed by atoms with Crippen molar-refractivity contribution in [1.29, 1.82) is 0 Å². The van der Waals surface area contributed by atoms with Crippen molar-refractivity contribution in [2.75, 3.05) is 18.8 Å². The van der Waals surface area contributed by atoms with Crippen molar-refractivity contribution in [3.05, 3.63) is 65.2 Å². The summed E-state index contributed by atoms with van der Waals surface area (Å²) in [6.45, 7) is 4.60. The first-order valence-electron chi connectivity index (χ1n) is 10.2. The van der Waals surface area contributed by atoms with Gasteiger partial charge in [-0.3, -0.25) is 0 Å². The van der Waals surface area contributed by atoms with E-state index in [9.17, 15) is 13.2 Å². The summed E-state index contributed by atoms with van der Waals surface area (Å²) in [4.78, 5) is 12.0. The molecule has 0 saturated carbocycles. The molecule has 0 fully saturated rings. The zero-order valence-corrected chi connectivity index (χ0v) is 22.7. The Bertz CT molecular complexity index is 1250. The third-order valence-electron chi connectivity index (χ3n) is 4.86. The predicted octanol–water partition coefficient (Wildman–Crippen LogP) is 3.06. The van der Waals surface area contributed by atoms with Gasteiger partial charge in [0.2, 0.25) is 0 Å². The summed E-state index contributed by atoms with van der Waals surface area (Å²) in [5.41, 5.74) is 0.853. The number of carboxylic acid groups (broad SMARTS) is 1. The third kappa shape index (κ3) is 6.54. The summed E-state index contributed by atoms with van der Waals surface area (Å²) in [7, 11) is -3.70. The maximum absolute atomic E-state index is 13.5. The topological polar surface area (TPSA) is 83.9 Å². The summed E-state index contributed by atoms with van der Waals surface area (Å²) in [6.07, 6.45) is 0.702. The summed E-state index contributed by atoms with van der Waals surface area (Å²) in [6, 6.07) is 16.0. The molecule has 1 N–H and O–H groups in total. The molecule has 0 saturated heterocycles. The SMILES string of the molecule is CCCN(CCSc1ccc(O[I-]C(=O)O)c(C)c1)S(=O)(=O)c1cccc2c(Cl)cccc12. The van der Waals surface area contributed by atoms with Crippen molar-refractivity contribution < 1.29 is 43.0 Å². The maximum atomic E-state index is 13.5. The Morgan fingerprint density at radius 1 is 1.12 bits per heavy atom. The monoisotopic (exact) mass is 620 g/mol. The van der Waals surface area contributed by atoms with Crippen LogP contribution in [-0.4, -0.2) is 40.6 Å². The van der Waals surface area contributed by atoms with Gasteiger partial charge in [-0.05, 0) is 6.07 Å². The standard InChI is InChI=1S/C23H24ClINO5S2/c1-3-12-26(13-14-32-17-10-11-21(16(2)15-17)31-25-23(27)28)33(29,30)22-9-5-6-18-19(22)7-4-8-20(18)24/h4-11,15H,3,12-14H2,1-2H3,(H,27,28)/q-1. The third-order valence-corrected chi connectivity index (χ3v) is 9.19. The van der Waals surface area contributed by atoms with Crippen LogP contribution in [0, 0.1) is 6.92 Å². The second kappa shape index (κ2) is 11.7. The Morgan fingerprint density at radius 2 is 1.85 bits per heavy atom. The van der Waals surface area contributed by atoms with Gasteiger partial charge >= 0.3 is 163 Å². The first-order valence-corrected chi connectivity index (χ1v) is 15.0. The number of fused-ring (bicyclic) bond motifs is 1. The molecule has 0 spiro atoms. The van der Waals surface area contributed by atoms with Gasteiger partial charge in [0.15, 0.2) is 0 Å². The van der Waals surface area contributed by atoms with Gasteiger partial charge in [0.1, 0.15) is 0 Å². The van der Waals surface area contributed by atoms with E-state index >= 15 is 0 Å². The fraction of sp³-hybridized carbons (Fsp3) is 0.261. The minimum atomic E-state index is -3.70. The van der Waals surface area contributed by atoms with E-state index in [2.05, 4.69) is 0 Å². The van der Waals surface area contributed by atoms with Crippen molar-refractivity contribution in [1.82, 2.24) is 4.31 Å². The molecular formula is C23H24ClINO5S2-. The van der Waals surface area contributed by atoms with Gasteiger partial charge in [0, 0.05) is 10.4 Å². The number of aryl methyl sites for hydroxylation is 1. The van der Waals surface area contributed by atoms with Gasteiger partial charge < -0.3 is 0 Å². The molecular weight excluding hydrogens is 597 g/mol. The minimum absolute atomic E-state index is 0.264. The molecule has 0 aromatic heterocycles. The normalized spacial score (nSPS) is 11.9. The van der Waals surface area contributed by atoms with Crippen LogP contribution in [0.2, 0.25) is 5.02 Å². The van der Waals surface area contributed by atoms with E-state index in [0.717, 1.165) is 10.5 Å². The first kappa shape index (κ1) is 26.1. The number of nitrogens with zero attached hydrogens (tertiary/aromatic N) is 1. The van der Waals surface area contributed by atoms with Crippen molar-refractivity contribution in [3.8, 4) is 5.75 Å². The number of carbonyl (C=O) groups is 1. The molecule has 0 amide bonds. The van der Waals surface area contributed by atoms with Crippen molar-refractivity contribution in [2.24, 2.45) is 0 Å². The molecule has 0 aliphatic carbocycles. The number of hydrogen-bond donors (Lipinski definition) is 1. The number of halogens is 2. The number of benzene rings is 3. The van der Waals surface area contributed by atoms with Crippen LogP contribution in [0.3, 0.4) is 0 Å². The van der Waals surface area contributed by atoms with E-state index in [-0.39, 0.29) is 4.90 Å². The number of rotatable bonds is 11. The molecule has 0 unspecified atom stereocenters. The molecule has 6 nitrogen and oxygen atoms in total. The molecule has 0 aliphatic rings. The molecule has 3 aromatic carbocycles. The summed E-state index contributed by atoms with van der Waals surface area (Å²) >= 11 is 6.44. The molecule has 0 heterocycles. The predicted molar refractivity (Wildman–Crippen MR) is 129 cm³/mol. The second-order valence-electron chi connectivity index (χ2n) is 7.18. The van der Waals surface area contributed by atoms with Crippen LogP contribution in [-0.2, 0) is 10.0 Å². The van der Waals surface area contributed by atoms with Crippen LogP contribution in [0.1, 0.15) is 18.9 Å². The molecule has 178 valence electrons. The van der Waals surface area contributed by atoms with Gasteiger partial charge in [-0.2, -0.15) is 0 Å². The fourth-order valence-corrected chi connectivity index (χ4v) is 7.33. The second-order valence-corrected chi connectivity index (χ2v) is 12.5. The van der Waals surface area contributed by atoms with Crippen LogP contribution < -0.4 is 24.7 Å². The zero-order chi connectivity index (χ0) is 24.0. The first-order chi connectivity index (χ1) is 15.7. The van der Waals surface area contributed by atoms with Crippen LogP contribution >= 0.6 is 23.4 Å². The van der Waals surface area contributed by atoms with Crippen LogP contribution in [0.5, 0.6) is 5.75 Å². The molecule has 10 heteroatoms. The average molecular weight is 621 g/mol. The minimum Gasteiger partial charge on any atom is -0.0837 e. The van der Waals surface area contributed by atoms with E-state index in [1.165, 1.54) is 4.31 Å². The molecule has 3 aromatic rings. The molecule has 0 bridgehead atoms. The molecule has 3 rings (SSSR count). The number of hydrogen-bond acceptors (Lipinski definition) is 5. The zero-order valence-electron chi connectivity index (χ0n) is 18.1. The Morgan fingerprint density at radius 3 is 2.55 bits per heavy atom. The van der Waals surface area contributed by atoms with E-state index < -0.39 is 35.6 Å². The average Bonchev–Trinajstić information content (AvgIpc) is 2.77. The number of sulfonamides is 1. The Kier molecular flexibility index (Phi) is 9.28. The van der Waals surface area contributed by atoms with Gasteiger partial charge in [-0.1, -0.05) is 35.9 Å². The summed E-state index contributed by atoms with van der Waals surface area (Å²) in [5, 5.41) is 10.7. The van der Waals surface area contributed by atoms with Gasteiger partial charge in [0.25, 0.3) is 0 Å². The van der Waals surface area contributed by atoms with Gasteiger partial charge in [0.05, 0.1) is 0 Å². The van der Waals surface area contributed by atoms with Crippen LogP contribution in [0.15, 0.2) is 64.4 Å². The fourth-order valence-electron chi connectivity index (χ4n) is 3.35. The van der Waals surface area contributed by atoms with Crippen molar-refractivity contribution in [2.45, 2.75) is 30.1 Å². The van der Waals surface area contributed by atoms with E-state index in [1.54, 1.807) is 48.2 Å². The van der Waals surface area contributed by atoms with Gasteiger partial charge in [-0.25, -0.2) is 0 Å². The van der Waals surface area contributed by atoms with Crippen LogP contribution in [0.25, 0.3) is 10.8 Å². The van der Waals surface area contributed by atoms with E-state index in [1.807, 2.05) is 32.0 Å². The Labute approximate surface area is 214 Å². The summed E-state index contributed by atoms with van der Waals surface area (Å²) < 4.78 is 33.0. The van der Waals surface area contributed by atoms with Crippen molar-refractivity contribution in [3.63, 3.8) is 0 Å². The Hall–Kier alpha value is -1.53.